The topological polar surface area (TPSA) is 99.2 Å². The molecule has 1 fully saturated rings. The van der Waals surface area contributed by atoms with Crippen molar-refractivity contribution in [2.45, 2.75) is 237 Å². The molecule has 1 heterocycles. The van der Waals surface area contributed by atoms with Gasteiger partial charge in [0.1, 0.15) is 6.61 Å². The Morgan fingerprint density at radius 2 is 0.981 bits per heavy atom. The average Bonchev–Trinajstić information content (AvgIpc) is 3.16. The van der Waals surface area contributed by atoms with Crippen molar-refractivity contribution in [2.24, 2.45) is 5.92 Å². The standard InChI is InChI=1S/C32H57BNO7.2C3H8.3C2H6/c1-5-8-10-12-14-16-18-29(35)39-23-27(24-40-30(36)19-17-15-13-11-9-6-2)22-31(37)41-25-28-21-26(4)34(28)32(38)33-20-7-3;2*1-3-2;3*1-2/h26-28H,5-25H2,1-4H3;2*3H2,1-2H3;3*1-2H3. The number of unbranched alkanes of at least 4 members (excludes halogenated alkanes) is 10. The fourth-order valence-corrected chi connectivity index (χ4v) is 5.08. The van der Waals surface area contributed by atoms with Gasteiger partial charge in [0.15, 0.2) is 5.81 Å². The molecule has 0 aromatic rings. The Kier molecular flexibility index (Phi) is 56.7. The van der Waals surface area contributed by atoms with Gasteiger partial charge in [-0.1, -0.05) is 180 Å². The molecular weight excluding hydrogens is 665 g/mol. The summed E-state index contributed by atoms with van der Waals surface area (Å²) in [7, 11) is 1.69. The number of amides is 1. The Balaban J connectivity index is -0.000000569. The molecule has 0 saturated carbocycles. The van der Waals surface area contributed by atoms with E-state index in [2.05, 4.69) is 41.5 Å². The zero-order valence-corrected chi connectivity index (χ0v) is 37.9. The summed E-state index contributed by atoms with van der Waals surface area (Å²) in [6.45, 7) is 29.0. The molecule has 0 aromatic carbocycles. The van der Waals surface area contributed by atoms with Gasteiger partial charge in [-0.2, -0.15) is 0 Å². The highest BCUT2D eigenvalue weighted by Gasteiger charge is 2.39. The first-order valence-electron chi connectivity index (χ1n) is 22.3. The Bertz CT molecular complexity index is 747. The zero-order chi connectivity index (χ0) is 41.7. The summed E-state index contributed by atoms with van der Waals surface area (Å²) in [5.74, 6) is -1.52. The highest BCUT2D eigenvalue weighted by atomic mass is 16.6. The van der Waals surface area contributed by atoms with E-state index in [9.17, 15) is 19.2 Å². The number of hydrogen-bond donors (Lipinski definition) is 0. The van der Waals surface area contributed by atoms with Gasteiger partial charge in [-0.15, -0.1) is 0 Å². The lowest BCUT2D eigenvalue weighted by Gasteiger charge is -2.47. The molecule has 1 saturated heterocycles. The van der Waals surface area contributed by atoms with E-state index in [1.807, 2.05) is 55.4 Å². The molecule has 0 bridgehead atoms. The van der Waals surface area contributed by atoms with Gasteiger partial charge in [0.25, 0.3) is 0 Å². The van der Waals surface area contributed by atoms with Gasteiger partial charge in [0, 0.05) is 24.8 Å². The minimum absolute atomic E-state index is 0.00508. The number of hydrogen-bond acceptors (Lipinski definition) is 7. The lowest BCUT2D eigenvalue weighted by Crippen LogP contribution is -2.60. The molecule has 1 radical (unpaired) electrons. The highest BCUT2D eigenvalue weighted by molar-refractivity contribution is 6.73. The second-order valence-electron chi connectivity index (χ2n) is 13.0. The molecule has 0 spiro atoms. The van der Waals surface area contributed by atoms with Crippen molar-refractivity contribution in [3.05, 3.63) is 0 Å². The maximum Gasteiger partial charge on any atom is 0.306 e. The van der Waals surface area contributed by atoms with Gasteiger partial charge in [-0.25, -0.2) is 0 Å². The van der Waals surface area contributed by atoms with Gasteiger partial charge < -0.3 is 19.1 Å². The SMILES string of the molecule is CC.CC.CC.CCC.CCC.CCC[B]C(=O)N1C(C)CC1COC(=O)CC(COC(=O)CCCCCCCC)COC(=O)CCCCCCCC. The van der Waals surface area contributed by atoms with Crippen LogP contribution in [0, 0.1) is 5.92 Å². The number of carbonyl (C=O) groups is 4. The van der Waals surface area contributed by atoms with Crippen LogP contribution in [0.1, 0.15) is 219 Å². The summed E-state index contributed by atoms with van der Waals surface area (Å²) in [5.41, 5.74) is 0. The normalized spacial score (nSPS) is 13.6. The minimum Gasteiger partial charge on any atom is -0.465 e. The van der Waals surface area contributed by atoms with Crippen LogP contribution in [-0.4, -0.2) is 67.8 Å². The van der Waals surface area contributed by atoms with Gasteiger partial charge in [0.2, 0.25) is 7.28 Å². The lowest BCUT2D eigenvalue weighted by molar-refractivity contribution is -0.156. The van der Waals surface area contributed by atoms with Crippen LogP contribution in [-0.2, 0) is 28.6 Å². The average molecular weight is 757 g/mol. The van der Waals surface area contributed by atoms with Crippen LogP contribution in [0.5, 0.6) is 0 Å². The largest absolute Gasteiger partial charge is 0.465 e. The van der Waals surface area contributed by atoms with Crippen LogP contribution in [0.2, 0.25) is 6.32 Å². The summed E-state index contributed by atoms with van der Waals surface area (Å²) in [4.78, 5) is 51.5. The van der Waals surface area contributed by atoms with E-state index in [0.717, 1.165) is 57.7 Å². The van der Waals surface area contributed by atoms with Crippen molar-refractivity contribution in [3.63, 3.8) is 0 Å². The van der Waals surface area contributed by atoms with Gasteiger partial charge in [0.05, 0.1) is 25.7 Å². The second-order valence-corrected chi connectivity index (χ2v) is 13.0. The maximum atomic E-state index is 12.7. The third kappa shape index (κ3) is 41.0. The zero-order valence-electron chi connectivity index (χ0n) is 37.9. The Labute approximate surface area is 331 Å². The maximum absolute atomic E-state index is 12.7. The summed E-state index contributed by atoms with van der Waals surface area (Å²) in [6.07, 6.45) is 18.5. The van der Waals surface area contributed by atoms with E-state index in [-0.39, 0.29) is 56.1 Å². The minimum atomic E-state index is -0.472. The molecule has 0 aliphatic carbocycles. The fourth-order valence-electron chi connectivity index (χ4n) is 5.08. The number of carbonyl (C=O) groups excluding carboxylic acids is 4. The van der Waals surface area contributed by atoms with Crippen LogP contribution in [0.4, 0.5) is 4.79 Å². The molecule has 9 heteroatoms. The number of likely N-dealkylation sites (tertiary alicyclic amines) is 1. The van der Waals surface area contributed by atoms with E-state index < -0.39 is 11.9 Å². The first-order valence-corrected chi connectivity index (χ1v) is 22.3. The number of ether oxygens (including phenoxy) is 3. The van der Waals surface area contributed by atoms with Crippen LogP contribution in [0.3, 0.4) is 0 Å². The van der Waals surface area contributed by atoms with Gasteiger partial charge >= 0.3 is 17.9 Å². The Hall–Kier alpha value is -2.06. The van der Waals surface area contributed by atoms with Crippen molar-refractivity contribution in [3.8, 4) is 0 Å². The van der Waals surface area contributed by atoms with E-state index in [1.165, 1.54) is 51.4 Å². The van der Waals surface area contributed by atoms with Crippen molar-refractivity contribution in [2.75, 3.05) is 19.8 Å². The van der Waals surface area contributed by atoms with Crippen molar-refractivity contribution in [1.82, 2.24) is 4.90 Å². The molecule has 1 amide bonds. The molecule has 1 aliphatic heterocycles. The third-order valence-corrected chi connectivity index (χ3v) is 7.66. The molecular formula is C44H91BNO7. The fraction of sp³-hybridized carbons (Fsp3) is 0.909. The van der Waals surface area contributed by atoms with Crippen LogP contribution in [0.25, 0.3) is 0 Å². The monoisotopic (exact) mass is 757 g/mol. The Morgan fingerprint density at radius 3 is 1.36 bits per heavy atom. The molecule has 1 rings (SSSR count). The Morgan fingerprint density at radius 1 is 0.585 bits per heavy atom. The van der Waals surface area contributed by atoms with Gasteiger partial charge in [-0.05, 0) is 26.2 Å². The molecule has 0 N–H and O–H groups in total. The number of nitrogens with zero attached hydrogens (tertiary/aromatic N) is 1. The number of rotatable bonds is 25. The molecule has 0 aromatic heterocycles. The first-order chi connectivity index (χ1) is 25.6. The van der Waals surface area contributed by atoms with Crippen molar-refractivity contribution < 1.29 is 33.4 Å². The predicted octanol–water partition coefficient (Wildman–Crippen LogP) is 13.1. The van der Waals surface area contributed by atoms with Crippen LogP contribution in [0.15, 0.2) is 0 Å². The van der Waals surface area contributed by atoms with Crippen molar-refractivity contribution in [1.29, 1.82) is 0 Å². The molecule has 53 heavy (non-hydrogen) atoms. The lowest BCUT2D eigenvalue weighted by atomic mass is 9.70. The smallest absolute Gasteiger partial charge is 0.306 e. The second kappa shape index (κ2) is 49.9. The van der Waals surface area contributed by atoms with Gasteiger partial charge in [-0.3, -0.25) is 19.2 Å². The quantitative estimate of drug-likeness (QED) is 0.0396. The van der Waals surface area contributed by atoms with Crippen LogP contribution >= 0.6 is 0 Å². The van der Waals surface area contributed by atoms with Crippen molar-refractivity contribution >= 4 is 31.0 Å². The third-order valence-electron chi connectivity index (χ3n) is 7.66. The predicted molar refractivity (Wildman–Crippen MR) is 229 cm³/mol. The van der Waals surface area contributed by atoms with E-state index in [1.54, 1.807) is 12.2 Å². The number of esters is 3. The molecule has 8 nitrogen and oxygen atoms in total. The summed E-state index contributed by atoms with van der Waals surface area (Å²) in [6, 6.07) is 0.00230. The molecule has 2 unspecified atom stereocenters. The molecule has 2 atom stereocenters. The molecule has 1 aliphatic rings. The summed E-state index contributed by atoms with van der Waals surface area (Å²) >= 11 is 0. The summed E-state index contributed by atoms with van der Waals surface area (Å²) in [5, 5.41) is 0. The first kappa shape index (κ1) is 60.2. The molecule has 317 valence electrons. The van der Waals surface area contributed by atoms with E-state index >= 15 is 0 Å². The van der Waals surface area contributed by atoms with Crippen LogP contribution < -0.4 is 0 Å². The van der Waals surface area contributed by atoms with E-state index in [4.69, 9.17) is 14.2 Å². The summed E-state index contributed by atoms with van der Waals surface area (Å²) < 4.78 is 16.4. The highest BCUT2D eigenvalue weighted by Crippen LogP contribution is 2.26. The van der Waals surface area contributed by atoms with E-state index in [0.29, 0.717) is 12.8 Å².